The van der Waals surface area contributed by atoms with E-state index in [1.54, 1.807) is 6.08 Å². The number of imidazole rings is 2. The normalized spacial score (nSPS) is 20.4. The van der Waals surface area contributed by atoms with Crippen molar-refractivity contribution in [3.8, 4) is 11.1 Å². The maximum absolute atomic E-state index is 16.1. The van der Waals surface area contributed by atoms with E-state index in [4.69, 9.17) is 9.97 Å². The van der Waals surface area contributed by atoms with Crippen molar-refractivity contribution in [2.75, 3.05) is 25.0 Å². The number of rotatable bonds is 10. The van der Waals surface area contributed by atoms with Gasteiger partial charge in [-0.3, -0.25) is 14.6 Å². The number of nitrogens with zero attached hydrogens (tertiary/aromatic N) is 6. The van der Waals surface area contributed by atoms with Crippen molar-refractivity contribution in [3.63, 3.8) is 0 Å². The third kappa shape index (κ3) is 7.43. The molecule has 2 aromatic carbocycles. The number of carbonyl (C=O) groups is 1. The van der Waals surface area contributed by atoms with Gasteiger partial charge in [-0.05, 0) is 99.3 Å². The van der Waals surface area contributed by atoms with E-state index in [0.29, 0.717) is 30.2 Å². The Labute approximate surface area is 312 Å². The first-order chi connectivity index (χ1) is 25.4. The molecule has 2 aromatic heterocycles. The van der Waals surface area contributed by atoms with Crippen LogP contribution in [0.5, 0.6) is 0 Å². The quantitative estimate of drug-likeness (QED) is 0.150. The largest absolute Gasteiger partial charge is 0.481 e. The van der Waals surface area contributed by atoms with Crippen LogP contribution in [0, 0.1) is 25.7 Å². The van der Waals surface area contributed by atoms with E-state index in [-0.39, 0.29) is 11.7 Å². The lowest BCUT2D eigenvalue weighted by atomic mass is 9.81. The van der Waals surface area contributed by atoms with E-state index in [1.807, 2.05) is 61.3 Å². The van der Waals surface area contributed by atoms with Crippen molar-refractivity contribution in [2.45, 2.75) is 91.6 Å². The molecule has 11 heteroatoms. The SMILES string of the molecule is Cc1c(/C=C(\F)c2nc3c(n2C)CCN(CC2CCC(C(=O)O)CC2)C3)cccc1-c1cccc(NC(O)c2nc3c(n2C)CCN(C(C)C)C3)c1C. The minimum Gasteiger partial charge on any atom is -0.481 e. The second kappa shape index (κ2) is 15.2. The summed E-state index contributed by atoms with van der Waals surface area (Å²) in [6.07, 6.45) is 5.71. The van der Waals surface area contributed by atoms with Crippen LogP contribution in [-0.4, -0.2) is 70.8 Å². The number of hydrogen-bond acceptors (Lipinski definition) is 7. The summed E-state index contributed by atoms with van der Waals surface area (Å²) in [7, 11) is 3.88. The number of benzene rings is 2. The number of carboxylic acid groups (broad SMARTS) is 1. The number of anilines is 1. The van der Waals surface area contributed by atoms with Crippen LogP contribution in [0.4, 0.5) is 10.1 Å². The Bertz CT molecular complexity index is 2020. The summed E-state index contributed by atoms with van der Waals surface area (Å²) in [4.78, 5) is 25.9. The molecule has 1 saturated carbocycles. The van der Waals surface area contributed by atoms with Crippen LogP contribution in [0.15, 0.2) is 36.4 Å². The zero-order valence-electron chi connectivity index (χ0n) is 32.0. The Morgan fingerprint density at radius 2 is 1.58 bits per heavy atom. The number of aromatic nitrogens is 4. The number of aliphatic hydroxyl groups excluding tert-OH is 1. The predicted molar refractivity (Wildman–Crippen MR) is 207 cm³/mol. The van der Waals surface area contributed by atoms with Gasteiger partial charge in [-0.15, -0.1) is 0 Å². The maximum Gasteiger partial charge on any atom is 0.306 e. The zero-order chi connectivity index (χ0) is 37.6. The fraction of sp³-hybridized carbons (Fsp3) is 0.500. The summed E-state index contributed by atoms with van der Waals surface area (Å²) >= 11 is 0. The van der Waals surface area contributed by atoms with Crippen molar-refractivity contribution in [1.82, 2.24) is 28.9 Å². The molecule has 1 atom stereocenters. The van der Waals surface area contributed by atoms with Gasteiger partial charge in [0.25, 0.3) is 0 Å². The lowest BCUT2D eigenvalue weighted by Gasteiger charge is -2.33. The molecule has 1 fully saturated rings. The molecule has 282 valence electrons. The topological polar surface area (TPSA) is 112 Å². The highest BCUT2D eigenvalue weighted by atomic mass is 19.1. The van der Waals surface area contributed by atoms with E-state index in [2.05, 4.69) is 41.1 Å². The molecule has 0 saturated heterocycles. The van der Waals surface area contributed by atoms with Crippen LogP contribution in [0.1, 0.15) is 96.9 Å². The number of aliphatic carboxylic acids is 1. The molecule has 0 spiro atoms. The zero-order valence-corrected chi connectivity index (χ0v) is 32.0. The first-order valence-electron chi connectivity index (χ1n) is 19.2. The van der Waals surface area contributed by atoms with E-state index in [1.165, 1.54) is 5.69 Å². The van der Waals surface area contributed by atoms with E-state index < -0.39 is 12.2 Å². The summed E-state index contributed by atoms with van der Waals surface area (Å²) < 4.78 is 20.1. The maximum atomic E-state index is 16.1. The Morgan fingerprint density at radius 3 is 2.30 bits per heavy atom. The molecule has 53 heavy (non-hydrogen) atoms. The predicted octanol–water partition coefficient (Wildman–Crippen LogP) is 7.02. The lowest BCUT2D eigenvalue weighted by Crippen LogP contribution is -2.36. The lowest BCUT2D eigenvalue weighted by molar-refractivity contribution is -0.143. The van der Waals surface area contributed by atoms with Crippen LogP contribution < -0.4 is 5.32 Å². The molecule has 2 aliphatic heterocycles. The molecular weight excluding hydrogens is 670 g/mol. The van der Waals surface area contributed by atoms with Crippen LogP contribution in [0.25, 0.3) is 23.0 Å². The molecule has 0 amide bonds. The summed E-state index contributed by atoms with van der Waals surface area (Å²) in [6.45, 7) is 12.7. The van der Waals surface area contributed by atoms with Gasteiger partial charge in [0.05, 0.1) is 17.3 Å². The highest BCUT2D eigenvalue weighted by Crippen LogP contribution is 2.36. The monoisotopic (exact) mass is 723 g/mol. The van der Waals surface area contributed by atoms with E-state index >= 15 is 4.39 Å². The molecule has 7 rings (SSSR count). The van der Waals surface area contributed by atoms with Crippen molar-refractivity contribution in [2.24, 2.45) is 25.9 Å². The van der Waals surface area contributed by atoms with Crippen molar-refractivity contribution < 1.29 is 19.4 Å². The number of carboxylic acids is 1. The molecule has 4 aromatic rings. The molecular formula is C42H54FN7O3. The van der Waals surface area contributed by atoms with Gasteiger partial charge >= 0.3 is 5.97 Å². The summed E-state index contributed by atoms with van der Waals surface area (Å²) in [5.41, 5.74) is 9.74. The van der Waals surface area contributed by atoms with E-state index in [9.17, 15) is 15.0 Å². The number of fused-ring (bicyclic) bond motifs is 2. The molecule has 4 heterocycles. The molecule has 3 N–H and O–H groups in total. The Balaban J connectivity index is 1.07. The van der Waals surface area contributed by atoms with Gasteiger partial charge in [0.15, 0.2) is 23.7 Å². The fourth-order valence-electron chi connectivity index (χ4n) is 8.76. The average Bonchev–Trinajstić information content (AvgIpc) is 3.65. The third-order valence-corrected chi connectivity index (χ3v) is 12.1. The van der Waals surface area contributed by atoms with Crippen molar-refractivity contribution in [3.05, 3.63) is 87.5 Å². The average molecular weight is 724 g/mol. The summed E-state index contributed by atoms with van der Waals surface area (Å²) in [5, 5.41) is 24.1. The van der Waals surface area contributed by atoms with Gasteiger partial charge in [0.1, 0.15) is 0 Å². The van der Waals surface area contributed by atoms with Crippen LogP contribution in [0.2, 0.25) is 0 Å². The number of hydrogen-bond donors (Lipinski definition) is 3. The third-order valence-electron chi connectivity index (χ3n) is 12.1. The van der Waals surface area contributed by atoms with Gasteiger partial charge < -0.3 is 24.7 Å². The second-order valence-corrected chi connectivity index (χ2v) is 15.7. The van der Waals surface area contributed by atoms with Crippen LogP contribution in [-0.2, 0) is 44.8 Å². The second-order valence-electron chi connectivity index (χ2n) is 15.7. The Kier molecular flexibility index (Phi) is 10.6. The first-order valence-corrected chi connectivity index (χ1v) is 19.2. The molecule has 3 aliphatic rings. The summed E-state index contributed by atoms with van der Waals surface area (Å²) in [5.74, 6) is 0.192. The van der Waals surface area contributed by atoms with Gasteiger partial charge in [0, 0.05) is 82.8 Å². The smallest absolute Gasteiger partial charge is 0.306 e. The molecule has 0 bridgehead atoms. The molecule has 0 radical (unpaired) electrons. The Morgan fingerprint density at radius 1 is 0.925 bits per heavy atom. The summed E-state index contributed by atoms with van der Waals surface area (Å²) in [6, 6.07) is 12.4. The van der Waals surface area contributed by atoms with Gasteiger partial charge in [-0.2, -0.15) is 0 Å². The number of nitrogens with one attached hydrogen (secondary N) is 1. The van der Waals surface area contributed by atoms with E-state index in [0.717, 1.165) is 115 Å². The Hall–Kier alpha value is -4.32. The highest BCUT2D eigenvalue weighted by Gasteiger charge is 2.30. The fourth-order valence-corrected chi connectivity index (χ4v) is 8.76. The number of aliphatic hydroxyl groups is 1. The van der Waals surface area contributed by atoms with Gasteiger partial charge in [0.2, 0.25) is 0 Å². The van der Waals surface area contributed by atoms with Crippen LogP contribution in [0.3, 0.4) is 0 Å². The molecule has 10 nitrogen and oxygen atoms in total. The first kappa shape index (κ1) is 37.0. The minimum atomic E-state index is -0.981. The van der Waals surface area contributed by atoms with Crippen molar-refractivity contribution >= 4 is 23.6 Å². The molecule has 1 aliphatic carbocycles. The highest BCUT2D eigenvalue weighted by molar-refractivity contribution is 5.82. The van der Waals surface area contributed by atoms with Crippen molar-refractivity contribution in [1.29, 1.82) is 0 Å². The standard InChI is InChI=1S/C42H54FN7O3/c1-25(2)50-20-18-38-36(24-50)45-40(48(38)6)41(51)46-34-12-8-11-32(27(34)4)31-10-7-9-30(26(31)3)21-33(43)39-44-35-23-49(19-17-37(35)47(39)5)22-28-13-15-29(16-14-28)42(52)53/h7-12,21,25,28-29,41,46,51H,13-20,22-24H2,1-6H3,(H,52,53)/b33-21-. The van der Waals surface area contributed by atoms with Gasteiger partial charge in [-0.25, -0.2) is 14.4 Å². The minimum absolute atomic E-state index is 0.207. The number of halogens is 1. The van der Waals surface area contributed by atoms with Gasteiger partial charge in [-0.1, -0.05) is 30.3 Å². The van der Waals surface area contributed by atoms with Crippen LogP contribution >= 0.6 is 0 Å². The molecule has 1 unspecified atom stereocenters.